The molecular weight excluding hydrogens is 174 g/mol. The fourth-order valence-corrected chi connectivity index (χ4v) is 1.56. The Balaban J connectivity index is 2.53. The molecule has 1 aromatic heterocycles. The lowest BCUT2D eigenvalue weighted by molar-refractivity contribution is 0.475. The summed E-state index contributed by atoms with van der Waals surface area (Å²) in [5.41, 5.74) is 8.05. The Labute approximate surface area is 83.6 Å². The molecule has 74 valence electrons. The van der Waals surface area contributed by atoms with Gasteiger partial charge in [0.1, 0.15) is 0 Å². The third kappa shape index (κ3) is 1.40. The highest BCUT2D eigenvalue weighted by atomic mass is 15.1. The highest BCUT2D eigenvalue weighted by Crippen LogP contribution is 2.18. The minimum absolute atomic E-state index is 0.132. The van der Waals surface area contributed by atoms with Crippen molar-refractivity contribution in [1.82, 2.24) is 9.55 Å². The Kier molecular flexibility index (Phi) is 2.25. The summed E-state index contributed by atoms with van der Waals surface area (Å²) in [6.45, 7) is 4.12. The summed E-state index contributed by atoms with van der Waals surface area (Å²) in [6.07, 6.45) is 1.86. The average molecular weight is 189 g/mol. The van der Waals surface area contributed by atoms with E-state index in [1.54, 1.807) is 0 Å². The maximum atomic E-state index is 5.87. The Morgan fingerprint density at radius 1 is 1.29 bits per heavy atom. The zero-order chi connectivity index (χ0) is 10.1. The van der Waals surface area contributed by atoms with Crippen LogP contribution in [-0.2, 0) is 0 Å². The van der Waals surface area contributed by atoms with Gasteiger partial charge in [0.15, 0.2) is 0 Å². The first kappa shape index (κ1) is 9.21. The zero-order valence-corrected chi connectivity index (χ0v) is 8.51. The smallest absolute Gasteiger partial charge is 0.0961 e. The van der Waals surface area contributed by atoms with Crippen LogP contribution < -0.4 is 5.73 Å². The van der Waals surface area contributed by atoms with Gasteiger partial charge in [0.2, 0.25) is 0 Å². The highest BCUT2D eigenvalue weighted by Gasteiger charge is 2.11. The van der Waals surface area contributed by atoms with Crippen molar-refractivity contribution in [2.24, 2.45) is 5.73 Å². The molecule has 0 bridgehead atoms. The molecule has 2 atom stereocenters. The number of imidazole rings is 1. The molecule has 1 heterocycles. The number of nitrogens with zero attached hydrogens (tertiary/aromatic N) is 2. The Morgan fingerprint density at radius 3 is 2.71 bits per heavy atom. The Morgan fingerprint density at radius 2 is 2.00 bits per heavy atom. The predicted octanol–water partition coefficient (Wildman–Crippen LogP) is 1.94. The number of para-hydroxylation sites is 2. The molecule has 2 rings (SSSR count). The molecule has 0 aliphatic rings. The van der Waals surface area contributed by atoms with Gasteiger partial charge in [-0.05, 0) is 26.0 Å². The van der Waals surface area contributed by atoms with Crippen molar-refractivity contribution in [2.45, 2.75) is 25.9 Å². The topological polar surface area (TPSA) is 43.8 Å². The van der Waals surface area contributed by atoms with E-state index in [0.29, 0.717) is 0 Å². The molecule has 3 nitrogen and oxygen atoms in total. The fraction of sp³-hybridized carbons (Fsp3) is 0.364. The number of hydrogen-bond donors (Lipinski definition) is 1. The SMILES string of the molecule is CC(N)C(C)n1cnc2ccccc21. The lowest BCUT2D eigenvalue weighted by atomic mass is 10.2. The summed E-state index contributed by atoms with van der Waals surface area (Å²) < 4.78 is 2.12. The molecule has 2 aromatic rings. The number of fused-ring (bicyclic) bond motifs is 1. The van der Waals surface area contributed by atoms with Gasteiger partial charge >= 0.3 is 0 Å². The van der Waals surface area contributed by atoms with Crippen molar-refractivity contribution in [1.29, 1.82) is 0 Å². The maximum Gasteiger partial charge on any atom is 0.0961 e. The van der Waals surface area contributed by atoms with E-state index in [1.807, 2.05) is 31.5 Å². The molecule has 0 fully saturated rings. The van der Waals surface area contributed by atoms with Gasteiger partial charge < -0.3 is 10.3 Å². The van der Waals surface area contributed by atoms with E-state index < -0.39 is 0 Å². The standard InChI is InChI=1S/C11H15N3/c1-8(12)9(2)14-7-13-10-5-3-4-6-11(10)14/h3-9H,12H2,1-2H3. The number of nitrogens with two attached hydrogens (primary N) is 1. The van der Waals surface area contributed by atoms with Gasteiger partial charge in [-0.15, -0.1) is 0 Å². The Hall–Kier alpha value is -1.35. The van der Waals surface area contributed by atoms with Crippen LogP contribution in [0.15, 0.2) is 30.6 Å². The molecule has 2 unspecified atom stereocenters. The van der Waals surface area contributed by atoms with E-state index in [0.717, 1.165) is 11.0 Å². The minimum atomic E-state index is 0.132. The largest absolute Gasteiger partial charge is 0.326 e. The van der Waals surface area contributed by atoms with Gasteiger partial charge in [0.25, 0.3) is 0 Å². The van der Waals surface area contributed by atoms with Crippen molar-refractivity contribution in [3.8, 4) is 0 Å². The fourth-order valence-electron chi connectivity index (χ4n) is 1.56. The van der Waals surface area contributed by atoms with Crippen LogP contribution in [0.4, 0.5) is 0 Å². The average Bonchev–Trinajstić information content (AvgIpc) is 2.60. The molecule has 0 spiro atoms. The summed E-state index contributed by atoms with van der Waals surface area (Å²) in [6, 6.07) is 8.51. The first-order valence-electron chi connectivity index (χ1n) is 4.87. The summed E-state index contributed by atoms with van der Waals surface area (Å²) in [4.78, 5) is 4.33. The number of hydrogen-bond acceptors (Lipinski definition) is 2. The second-order valence-electron chi connectivity index (χ2n) is 3.74. The molecule has 0 aliphatic heterocycles. The summed E-state index contributed by atoms with van der Waals surface area (Å²) in [5, 5.41) is 0. The van der Waals surface area contributed by atoms with Gasteiger partial charge in [-0.2, -0.15) is 0 Å². The van der Waals surface area contributed by atoms with Crippen molar-refractivity contribution in [3.05, 3.63) is 30.6 Å². The summed E-state index contributed by atoms with van der Waals surface area (Å²) in [7, 11) is 0. The van der Waals surface area contributed by atoms with Gasteiger partial charge in [-0.3, -0.25) is 0 Å². The molecule has 0 saturated heterocycles. The van der Waals surface area contributed by atoms with Crippen molar-refractivity contribution in [2.75, 3.05) is 0 Å². The lowest BCUT2D eigenvalue weighted by Gasteiger charge is -2.17. The predicted molar refractivity (Wildman–Crippen MR) is 58.1 cm³/mol. The molecule has 0 radical (unpaired) electrons. The highest BCUT2D eigenvalue weighted by molar-refractivity contribution is 5.75. The number of benzene rings is 1. The second-order valence-corrected chi connectivity index (χ2v) is 3.74. The molecule has 0 saturated carbocycles. The van der Waals surface area contributed by atoms with E-state index >= 15 is 0 Å². The van der Waals surface area contributed by atoms with Crippen LogP contribution in [-0.4, -0.2) is 15.6 Å². The van der Waals surface area contributed by atoms with Crippen LogP contribution in [0.25, 0.3) is 11.0 Å². The van der Waals surface area contributed by atoms with E-state index in [-0.39, 0.29) is 12.1 Å². The van der Waals surface area contributed by atoms with Gasteiger partial charge in [0.05, 0.1) is 17.4 Å². The van der Waals surface area contributed by atoms with Crippen molar-refractivity contribution in [3.63, 3.8) is 0 Å². The molecule has 3 heteroatoms. The first-order valence-corrected chi connectivity index (χ1v) is 4.87. The second kappa shape index (κ2) is 3.42. The van der Waals surface area contributed by atoms with E-state index in [9.17, 15) is 0 Å². The Bertz CT molecular complexity index is 431. The van der Waals surface area contributed by atoms with Crippen LogP contribution in [0.3, 0.4) is 0 Å². The quantitative estimate of drug-likeness (QED) is 0.784. The van der Waals surface area contributed by atoms with Crippen LogP contribution >= 0.6 is 0 Å². The summed E-state index contributed by atoms with van der Waals surface area (Å²) >= 11 is 0. The van der Waals surface area contributed by atoms with Crippen molar-refractivity contribution >= 4 is 11.0 Å². The van der Waals surface area contributed by atoms with Gasteiger partial charge in [-0.25, -0.2) is 4.98 Å². The molecule has 2 N–H and O–H groups in total. The normalized spacial score (nSPS) is 15.6. The van der Waals surface area contributed by atoms with Crippen molar-refractivity contribution < 1.29 is 0 Å². The molecule has 0 amide bonds. The van der Waals surface area contributed by atoms with Crippen LogP contribution in [0.1, 0.15) is 19.9 Å². The minimum Gasteiger partial charge on any atom is -0.326 e. The lowest BCUT2D eigenvalue weighted by Crippen LogP contribution is -2.26. The molecule has 0 aliphatic carbocycles. The molecular formula is C11H15N3. The zero-order valence-electron chi connectivity index (χ0n) is 8.51. The van der Waals surface area contributed by atoms with E-state index in [2.05, 4.69) is 22.5 Å². The third-order valence-electron chi connectivity index (χ3n) is 2.68. The van der Waals surface area contributed by atoms with Gasteiger partial charge in [-0.1, -0.05) is 12.1 Å². The first-order chi connectivity index (χ1) is 6.70. The van der Waals surface area contributed by atoms with Gasteiger partial charge in [0, 0.05) is 12.1 Å². The monoisotopic (exact) mass is 189 g/mol. The molecule has 14 heavy (non-hydrogen) atoms. The van der Waals surface area contributed by atoms with E-state index in [1.165, 1.54) is 0 Å². The van der Waals surface area contributed by atoms with Crippen LogP contribution in [0.2, 0.25) is 0 Å². The number of rotatable bonds is 2. The maximum absolute atomic E-state index is 5.87. The number of aromatic nitrogens is 2. The van der Waals surface area contributed by atoms with Crippen LogP contribution in [0, 0.1) is 0 Å². The molecule has 1 aromatic carbocycles. The summed E-state index contributed by atoms with van der Waals surface area (Å²) in [5.74, 6) is 0. The third-order valence-corrected chi connectivity index (χ3v) is 2.68. The van der Waals surface area contributed by atoms with Crippen LogP contribution in [0.5, 0.6) is 0 Å². The van der Waals surface area contributed by atoms with E-state index in [4.69, 9.17) is 5.73 Å².